The molecule has 0 aromatic heterocycles. The lowest BCUT2D eigenvalue weighted by Crippen LogP contribution is -2.59. The molecule has 0 spiro atoms. The Labute approximate surface area is 106 Å². The highest BCUT2D eigenvalue weighted by Gasteiger charge is 2.42. The molecule has 0 amide bonds. The van der Waals surface area contributed by atoms with Gasteiger partial charge in [0.2, 0.25) is 0 Å². The van der Waals surface area contributed by atoms with E-state index in [1.165, 1.54) is 32.1 Å². The highest BCUT2D eigenvalue weighted by molar-refractivity contribution is 5.05. The Kier molecular flexibility index (Phi) is 3.65. The van der Waals surface area contributed by atoms with Gasteiger partial charge in [0.25, 0.3) is 0 Å². The highest BCUT2D eigenvalue weighted by Crippen LogP contribution is 2.44. The Hall–Kier alpha value is -0.340. The van der Waals surface area contributed by atoms with E-state index in [4.69, 9.17) is 5.73 Å². The van der Waals surface area contributed by atoms with Crippen LogP contribution < -0.4 is 11.1 Å². The van der Waals surface area contributed by atoms with Crippen molar-refractivity contribution in [3.05, 3.63) is 12.2 Å². The largest absolute Gasteiger partial charge is 0.329 e. The maximum atomic E-state index is 6.12. The minimum Gasteiger partial charge on any atom is -0.329 e. The molecule has 2 unspecified atom stereocenters. The molecule has 0 aromatic carbocycles. The molecule has 2 atom stereocenters. The minimum atomic E-state index is 0.178. The Morgan fingerprint density at radius 1 is 1.24 bits per heavy atom. The van der Waals surface area contributed by atoms with Gasteiger partial charge in [-0.15, -0.1) is 0 Å². The van der Waals surface area contributed by atoms with E-state index in [0.29, 0.717) is 11.5 Å². The van der Waals surface area contributed by atoms with Crippen LogP contribution >= 0.6 is 0 Å². The Balaban J connectivity index is 2.06. The molecule has 1 fully saturated rings. The highest BCUT2D eigenvalue weighted by atomic mass is 15.0. The van der Waals surface area contributed by atoms with Gasteiger partial charge >= 0.3 is 0 Å². The van der Waals surface area contributed by atoms with Crippen LogP contribution in [0.3, 0.4) is 0 Å². The first-order valence-electron chi connectivity index (χ1n) is 7.07. The molecule has 2 aliphatic rings. The van der Waals surface area contributed by atoms with Gasteiger partial charge in [0.1, 0.15) is 0 Å². The van der Waals surface area contributed by atoms with E-state index in [0.717, 1.165) is 12.5 Å². The molecule has 0 bridgehead atoms. The van der Waals surface area contributed by atoms with Crippen molar-refractivity contribution in [2.45, 2.75) is 64.5 Å². The van der Waals surface area contributed by atoms with Crippen molar-refractivity contribution < 1.29 is 0 Å². The number of nitrogens with two attached hydrogens (primary N) is 1. The molecule has 0 aliphatic heterocycles. The first-order chi connectivity index (χ1) is 7.95. The van der Waals surface area contributed by atoms with Crippen molar-refractivity contribution in [2.24, 2.45) is 17.1 Å². The zero-order valence-corrected chi connectivity index (χ0v) is 11.6. The fourth-order valence-electron chi connectivity index (χ4n) is 4.24. The second-order valence-corrected chi connectivity index (χ2v) is 7.12. The van der Waals surface area contributed by atoms with E-state index < -0.39 is 0 Å². The first kappa shape index (κ1) is 13.1. The minimum absolute atomic E-state index is 0.178. The summed E-state index contributed by atoms with van der Waals surface area (Å²) in [6.07, 6.45) is 10.7. The predicted octanol–water partition coefficient (Wildman–Crippen LogP) is 2.84. The fraction of sp³-hybridized carbons (Fsp3) is 0.867. The van der Waals surface area contributed by atoms with Crippen LogP contribution in [-0.2, 0) is 0 Å². The molecule has 0 aromatic rings. The SMILES string of the molecule is CC1CC(C)(C)CC(CN)(NC2CC=CC2)C1. The quantitative estimate of drug-likeness (QED) is 0.740. The lowest BCUT2D eigenvalue weighted by molar-refractivity contribution is 0.0782. The average molecular weight is 236 g/mol. The normalized spacial score (nSPS) is 37.5. The van der Waals surface area contributed by atoms with Gasteiger partial charge in [-0.2, -0.15) is 0 Å². The average Bonchev–Trinajstić information content (AvgIpc) is 2.67. The third-order valence-electron chi connectivity index (χ3n) is 4.37. The van der Waals surface area contributed by atoms with Crippen molar-refractivity contribution in [3.63, 3.8) is 0 Å². The van der Waals surface area contributed by atoms with Gasteiger partial charge in [0.05, 0.1) is 0 Å². The summed E-state index contributed by atoms with van der Waals surface area (Å²) in [7, 11) is 0. The molecule has 98 valence electrons. The molecule has 2 rings (SSSR count). The van der Waals surface area contributed by atoms with Crippen LogP contribution in [0.4, 0.5) is 0 Å². The summed E-state index contributed by atoms with van der Waals surface area (Å²) in [6.45, 7) is 7.93. The maximum Gasteiger partial charge on any atom is 0.0314 e. The van der Waals surface area contributed by atoms with Crippen LogP contribution in [-0.4, -0.2) is 18.1 Å². The van der Waals surface area contributed by atoms with E-state index >= 15 is 0 Å². The van der Waals surface area contributed by atoms with Crippen molar-refractivity contribution in [1.29, 1.82) is 0 Å². The topological polar surface area (TPSA) is 38.0 Å². The fourth-order valence-corrected chi connectivity index (χ4v) is 4.24. The van der Waals surface area contributed by atoms with Gasteiger partial charge in [-0.3, -0.25) is 0 Å². The summed E-state index contributed by atoms with van der Waals surface area (Å²) < 4.78 is 0. The van der Waals surface area contributed by atoms with Crippen LogP contribution in [0.15, 0.2) is 12.2 Å². The van der Waals surface area contributed by atoms with Gasteiger partial charge in [-0.05, 0) is 43.4 Å². The smallest absolute Gasteiger partial charge is 0.0314 e. The molecular weight excluding hydrogens is 208 g/mol. The third-order valence-corrected chi connectivity index (χ3v) is 4.37. The van der Waals surface area contributed by atoms with Crippen molar-refractivity contribution in [1.82, 2.24) is 5.32 Å². The molecule has 2 nitrogen and oxygen atoms in total. The van der Waals surface area contributed by atoms with Gasteiger partial charge < -0.3 is 11.1 Å². The molecule has 17 heavy (non-hydrogen) atoms. The predicted molar refractivity (Wildman–Crippen MR) is 73.9 cm³/mol. The lowest BCUT2D eigenvalue weighted by atomic mass is 9.64. The summed E-state index contributed by atoms with van der Waals surface area (Å²) in [4.78, 5) is 0. The van der Waals surface area contributed by atoms with Gasteiger partial charge in [0, 0.05) is 18.1 Å². The van der Waals surface area contributed by atoms with Crippen molar-refractivity contribution >= 4 is 0 Å². The molecule has 3 N–H and O–H groups in total. The van der Waals surface area contributed by atoms with Crippen LogP contribution in [0.2, 0.25) is 0 Å². The lowest BCUT2D eigenvalue weighted by Gasteiger charge is -2.49. The molecule has 2 heteroatoms. The summed E-state index contributed by atoms with van der Waals surface area (Å²) in [5.74, 6) is 0.782. The number of nitrogens with one attached hydrogen (secondary N) is 1. The Morgan fingerprint density at radius 3 is 2.41 bits per heavy atom. The van der Waals surface area contributed by atoms with Gasteiger partial charge in [0.15, 0.2) is 0 Å². The molecule has 1 saturated carbocycles. The summed E-state index contributed by atoms with van der Waals surface area (Å²) >= 11 is 0. The summed E-state index contributed by atoms with van der Waals surface area (Å²) in [6, 6.07) is 0.625. The number of hydrogen-bond donors (Lipinski definition) is 2. The van der Waals surface area contributed by atoms with E-state index in [1.54, 1.807) is 0 Å². The third kappa shape index (κ3) is 3.11. The number of hydrogen-bond acceptors (Lipinski definition) is 2. The Bertz CT molecular complexity index is 287. The zero-order chi connectivity index (χ0) is 12.5. The second-order valence-electron chi connectivity index (χ2n) is 7.12. The van der Waals surface area contributed by atoms with Crippen molar-refractivity contribution in [3.8, 4) is 0 Å². The monoisotopic (exact) mass is 236 g/mol. The van der Waals surface area contributed by atoms with E-state index in [9.17, 15) is 0 Å². The van der Waals surface area contributed by atoms with Crippen LogP contribution in [0.5, 0.6) is 0 Å². The first-order valence-corrected chi connectivity index (χ1v) is 7.07. The van der Waals surface area contributed by atoms with Gasteiger partial charge in [-0.25, -0.2) is 0 Å². The zero-order valence-electron chi connectivity index (χ0n) is 11.6. The second kappa shape index (κ2) is 4.74. The molecule has 2 aliphatic carbocycles. The van der Waals surface area contributed by atoms with E-state index in [-0.39, 0.29) is 5.54 Å². The standard InChI is InChI=1S/C15H28N2/c1-12-8-14(2,3)10-15(9-12,11-16)17-13-6-4-5-7-13/h4-5,12-13,17H,6-11,16H2,1-3H3. The van der Waals surface area contributed by atoms with Gasteiger partial charge in [-0.1, -0.05) is 32.9 Å². The molecule has 0 radical (unpaired) electrons. The summed E-state index contributed by atoms with van der Waals surface area (Å²) in [5, 5.41) is 3.88. The van der Waals surface area contributed by atoms with E-state index in [1.807, 2.05) is 0 Å². The van der Waals surface area contributed by atoms with Crippen molar-refractivity contribution in [2.75, 3.05) is 6.54 Å². The van der Waals surface area contributed by atoms with E-state index in [2.05, 4.69) is 38.2 Å². The number of rotatable bonds is 3. The summed E-state index contributed by atoms with van der Waals surface area (Å²) in [5.41, 5.74) is 6.72. The molecule has 0 saturated heterocycles. The van der Waals surface area contributed by atoms with Crippen LogP contribution in [0, 0.1) is 11.3 Å². The Morgan fingerprint density at radius 2 is 1.88 bits per heavy atom. The maximum absolute atomic E-state index is 6.12. The molecular formula is C15H28N2. The molecule has 0 heterocycles. The van der Waals surface area contributed by atoms with Crippen LogP contribution in [0.25, 0.3) is 0 Å². The van der Waals surface area contributed by atoms with Crippen LogP contribution in [0.1, 0.15) is 52.9 Å².